The van der Waals surface area contributed by atoms with E-state index in [4.69, 9.17) is 11.6 Å². The third-order valence-corrected chi connectivity index (χ3v) is 12.7. The summed E-state index contributed by atoms with van der Waals surface area (Å²) in [5, 5.41) is 2.37. The molecule has 5 aromatic rings. The third-order valence-electron chi connectivity index (χ3n) is 12.7. The van der Waals surface area contributed by atoms with Crippen LogP contribution in [0.25, 0.3) is 33.0 Å². The van der Waals surface area contributed by atoms with Gasteiger partial charge in [-0.05, 0) is 115 Å². The van der Waals surface area contributed by atoms with Crippen LogP contribution in [0.4, 0.5) is 5.69 Å². The van der Waals surface area contributed by atoms with E-state index in [1.165, 1.54) is 44.2 Å². The number of nitrogens with one attached hydrogen (secondary N) is 1. The van der Waals surface area contributed by atoms with Crippen molar-refractivity contribution in [3.05, 3.63) is 295 Å². The molecule has 3 aliphatic rings. The number of nitrogen functional groups attached to an aromatic ring is 1. The monoisotopic (exact) mass is 843 g/mol. The second kappa shape index (κ2) is 20.7. The lowest BCUT2D eigenvalue weighted by Gasteiger charge is -2.39. The van der Waals surface area contributed by atoms with Crippen molar-refractivity contribution in [3.8, 4) is 11.1 Å². The van der Waals surface area contributed by atoms with Crippen LogP contribution >= 0.6 is 0 Å². The van der Waals surface area contributed by atoms with Gasteiger partial charge in [0.2, 0.25) is 0 Å². The van der Waals surface area contributed by atoms with E-state index >= 15 is 0 Å². The zero-order valence-corrected chi connectivity index (χ0v) is 37.0. The van der Waals surface area contributed by atoms with Crippen LogP contribution in [0.15, 0.2) is 273 Å². The third kappa shape index (κ3) is 9.12. The predicted octanol–water partition coefficient (Wildman–Crippen LogP) is 14.5. The van der Waals surface area contributed by atoms with Gasteiger partial charge in [-0.2, -0.15) is 0 Å². The molecule has 0 aromatic heterocycles. The molecule has 0 heterocycles. The molecule has 0 amide bonds. The molecule has 65 heavy (non-hydrogen) atoms. The molecule has 3 unspecified atom stereocenters. The maximum atomic E-state index is 7.22. The summed E-state index contributed by atoms with van der Waals surface area (Å²) >= 11 is 0. The number of benzene rings is 5. The topological polar surface area (TPSA) is 64.1 Å². The summed E-state index contributed by atoms with van der Waals surface area (Å²) in [6, 6.07) is 41.0. The Morgan fingerprint density at radius 1 is 0.708 bits per heavy atom. The number of allylic oxidation sites excluding steroid dienone is 22. The molecule has 3 heteroatoms. The van der Waals surface area contributed by atoms with Gasteiger partial charge in [0.25, 0.3) is 0 Å². The number of hydrogen-bond acceptors (Lipinski definition) is 3. The highest BCUT2D eigenvalue weighted by Gasteiger charge is 2.49. The van der Waals surface area contributed by atoms with Gasteiger partial charge in [0.15, 0.2) is 0 Å². The zero-order valence-electron chi connectivity index (χ0n) is 37.0. The van der Waals surface area contributed by atoms with Crippen molar-refractivity contribution in [2.75, 3.05) is 5.73 Å². The lowest BCUT2D eigenvalue weighted by atomic mass is 9.62. The second-order valence-electron chi connectivity index (χ2n) is 16.5. The first-order valence-electron chi connectivity index (χ1n) is 22.5. The zero-order chi connectivity index (χ0) is 45.0. The molecule has 0 aliphatic heterocycles. The number of rotatable bonds is 13. The summed E-state index contributed by atoms with van der Waals surface area (Å²) in [5.74, 6) is 6.30. The van der Waals surface area contributed by atoms with Gasteiger partial charge in [0.1, 0.15) is 0 Å². The number of anilines is 1. The van der Waals surface area contributed by atoms with Gasteiger partial charge in [0, 0.05) is 11.6 Å². The molecule has 0 saturated heterocycles. The number of hydrazine groups is 1. The first-order valence-corrected chi connectivity index (χ1v) is 22.5. The van der Waals surface area contributed by atoms with Crippen LogP contribution < -0.4 is 17.0 Å². The van der Waals surface area contributed by atoms with Crippen molar-refractivity contribution in [2.45, 2.75) is 30.7 Å². The molecule has 320 valence electrons. The number of nitrogens with two attached hydrogens (primary N) is 2. The van der Waals surface area contributed by atoms with Gasteiger partial charge in [0.05, 0.1) is 11.5 Å². The fraction of sp³-hybridized carbons (Fsp3) is 0.0968. The summed E-state index contributed by atoms with van der Waals surface area (Å²) in [7, 11) is 0. The van der Waals surface area contributed by atoms with E-state index in [0.29, 0.717) is 0 Å². The molecule has 3 aliphatic carbocycles. The smallest absolute Gasteiger partial charge is 0.0702 e. The summed E-state index contributed by atoms with van der Waals surface area (Å²) in [5.41, 5.74) is 24.2. The fourth-order valence-electron chi connectivity index (χ4n) is 9.70. The minimum absolute atomic E-state index is 0.0577. The Morgan fingerprint density at radius 3 is 2.20 bits per heavy atom. The van der Waals surface area contributed by atoms with Gasteiger partial charge < -0.3 is 5.73 Å². The molecule has 3 atom stereocenters. The molecule has 3 nitrogen and oxygen atoms in total. The Kier molecular flexibility index (Phi) is 14.1. The largest absolute Gasteiger partial charge is 0.398 e. The molecule has 5 N–H and O–H groups in total. The van der Waals surface area contributed by atoms with Crippen molar-refractivity contribution >= 4 is 27.6 Å². The Morgan fingerprint density at radius 2 is 1.45 bits per heavy atom. The SMILES string of the molecule is C=C/C=C\C=C/C1=C(C2(c3ccccc3N)C3=C(/C=C\C(/C(=C/C(NN)/C(C=C)=C/C=C)c4ccc(-c5ccccc5)cc4)C\C=C/C=C/C=C/3)c3cc4ccccc4cc32)CCC=C1. The van der Waals surface area contributed by atoms with Gasteiger partial charge in [-0.1, -0.05) is 232 Å². The quantitative estimate of drug-likeness (QED) is 0.0479. The lowest BCUT2D eigenvalue weighted by Crippen LogP contribution is -2.35. The van der Waals surface area contributed by atoms with Crippen molar-refractivity contribution in [2.24, 2.45) is 11.8 Å². The lowest BCUT2D eigenvalue weighted by molar-refractivity contribution is 0.684. The Labute approximate surface area is 385 Å². The highest BCUT2D eigenvalue weighted by Crippen LogP contribution is 2.59. The summed E-state index contributed by atoms with van der Waals surface area (Å²) in [6.45, 7) is 12.0. The molecular weight excluding hydrogens is 787 g/mol. The maximum absolute atomic E-state index is 7.22. The normalized spacial score (nSPS) is 21.3. The van der Waals surface area contributed by atoms with Crippen LogP contribution in [0.2, 0.25) is 0 Å². The van der Waals surface area contributed by atoms with Crippen LogP contribution in [-0.2, 0) is 5.41 Å². The molecule has 0 saturated carbocycles. The van der Waals surface area contributed by atoms with E-state index < -0.39 is 5.41 Å². The van der Waals surface area contributed by atoms with Gasteiger partial charge >= 0.3 is 0 Å². The van der Waals surface area contributed by atoms with Crippen molar-refractivity contribution in [1.82, 2.24) is 5.43 Å². The van der Waals surface area contributed by atoms with E-state index in [-0.39, 0.29) is 12.0 Å². The molecule has 0 radical (unpaired) electrons. The predicted molar refractivity (Wildman–Crippen MR) is 280 cm³/mol. The molecule has 0 spiro atoms. The first-order chi connectivity index (χ1) is 32.0. The molecule has 0 bridgehead atoms. The van der Waals surface area contributed by atoms with Crippen molar-refractivity contribution in [1.29, 1.82) is 0 Å². The van der Waals surface area contributed by atoms with Gasteiger partial charge in [-0.15, -0.1) is 0 Å². The van der Waals surface area contributed by atoms with Crippen LogP contribution in [0.3, 0.4) is 0 Å². The minimum atomic E-state index is -0.717. The van der Waals surface area contributed by atoms with Gasteiger partial charge in [-0.25, -0.2) is 5.43 Å². The fourth-order valence-corrected chi connectivity index (χ4v) is 9.70. The maximum Gasteiger partial charge on any atom is 0.0702 e. The molecule has 5 aromatic carbocycles. The highest BCUT2D eigenvalue weighted by molar-refractivity contribution is 5.99. The molecule has 8 rings (SSSR count). The standard InChI is InChI=1S/C62H57N3/c1-4-7-8-13-28-50-29-20-21-32-56(50)62(58-34-22-23-35-60(58)63)57-33-17-11-9-10-14-27-48(40-41-53(57)55-42-51-30-18-19-31-52(51)43-59(55)62)54(44-61(65-64)45(6-3)24-5-2)49-38-36-47(37-39-49)46-25-15-12-16-26-46/h4-20,22-26,28-31,33-44,48,61,65H,1-3,21,27,32,63-64H2/b8-7-,11-9+,14-10-,28-13-,33-17+,41-40-,45-24+,54-44-. The average molecular weight is 844 g/mol. The van der Waals surface area contributed by atoms with Crippen LogP contribution in [0, 0.1) is 5.92 Å². The Hall–Kier alpha value is -7.56. The molecule has 0 fully saturated rings. The number of para-hydroxylation sites is 1. The minimum Gasteiger partial charge on any atom is -0.398 e. The van der Waals surface area contributed by atoms with Crippen LogP contribution in [0.5, 0.6) is 0 Å². The summed E-state index contributed by atoms with van der Waals surface area (Å²) in [4.78, 5) is 0. The highest BCUT2D eigenvalue weighted by atomic mass is 15.2. The van der Waals surface area contributed by atoms with E-state index in [1.54, 1.807) is 12.2 Å². The first kappa shape index (κ1) is 44.1. The Bertz CT molecular complexity index is 2930. The van der Waals surface area contributed by atoms with Gasteiger partial charge in [-0.3, -0.25) is 5.84 Å². The van der Waals surface area contributed by atoms with Crippen molar-refractivity contribution < 1.29 is 0 Å². The van der Waals surface area contributed by atoms with E-state index in [9.17, 15) is 0 Å². The van der Waals surface area contributed by atoms with Crippen molar-refractivity contribution in [3.63, 3.8) is 0 Å². The number of hydrogen-bond donors (Lipinski definition) is 3. The van der Waals surface area contributed by atoms with Crippen LogP contribution in [-0.4, -0.2) is 6.04 Å². The second-order valence-corrected chi connectivity index (χ2v) is 16.5. The van der Waals surface area contributed by atoms with E-state index in [1.807, 2.05) is 36.4 Å². The van der Waals surface area contributed by atoms with E-state index in [0.717, 1.165) is 58.4 Å². The summed E-state index contributed by atoms with van der Waals surface area (Å²) < 4.78 is 0. The number of fused-ring (bicyclic) bond motifs is 3. The molecular formula is C62H57N3. The van der Waals surface area contributed by atoms with Crippen LogP contribution in [0.1, 0.15) is 41.5 Å². The summed E-state index contributed by atoms with van der Waals surface area (Å²) in [6.07, 6.45) is 43.0. The Balaban J connectivity index is 1.43. The van der Waals surface area contributed by atoms with E-state index in [2.05, 4.69) is 207 Å². The average Bonchev–Trinajstić information content (AvgIpc) is 3.60.